The first-order chi connectivity index (χ1) is 4.20. The number of halogens is 1. The number of carbonyl (C=O) groups is 1. The summed E-state index contributed by atoms with van der Waals surface area (Å²) < 4.78 is 11.8. The van der Waals surface area contributed by atoms with Crippen molar-refractivity contribution in [3.8, 4) is 0 Å². The van der Waals surface area contributed by atoms with Gasteiger partial charge in [0.25, 0.3) is 0 Å². The molecule has 1 rings (SSSR count). The zero-order valence-electron chi connectivity index (χ0n) is 5.01. The Hall–Kier alpha value is -0.640. The van der Waals surface area contributed by atoms with Crippen LogP contribution in [0.25, 0.3) is 0 Å². The minimum atomic E-state index is -1.36. The predicted molar refractivity (Wildman–Crippen MR) is 30.7 cm³/mol. The Bertz CT molecular complexity index is 128. The molecule has 1 fully saturated rings. The zero-order valence-corrected chi connectivity index (χ0v) is 5.01. The minimum absolute atomic E-state index is 0.0234. The lowest BCUT2D eigenvalue weighted by Crippen LogP contribution is -2.28. The number of nitrogens with two attached hydrogens (primary N) is 1. The zero-order chi connectivity index (χ0) is 6.85. The number of rotatable bonds is 0. The molecule has 0 aliphatic carbocycles. The predicted octanol–water partition coefficient (Wildman–Crippen LogP) is 0.109. The molecule has 3 nitrogen and oxygen atoms in total. The molecule has 0 bridgehead atoms. The Labute approximate surface area is 52.6 Å². The van der Waals surface area contributed by atoms with Gasteiger partial charge < -0.3 is 10.6 Å². The quantitative estimate of drug-likeness (QED) is 0.375. The van der Waals surface area contributed by atoms with E-state index in [2.05, 4.69) is 0 Å². The summed E-state index contributed by atoms with van der Waals surface area (Å²) in [6, 6.07) is -0.0234. The van der Waals surface area contributed by atoms with Gasteiger partial charge in [0.15, 0.2) is 0 Å². The molecule has 0 aromatic rings. The van der Waals surface area contributed by atoms with E-state index in [9.17, 15) is 9.18 Å². The van der Waals surface area contributed by atoms with E-state index in [0.29, 0.717) is 13.1 Å². The molecule has 0 radical (unpaired) electrons. The highest BCUT2D eigenvalue weighted by atomic mass is 19.1. The molecule has 0 aromatic carbocycles. The molecule has 52 valence electrons. The van der Waals surface area contributed by atoms with E-state index in [1.165, 1.54) is 0 Å². The summed E-state index contributed by atoms with van der Waals surface area (Å²) in [5, 5.41) is 0. The van der Waals surface area contributed by atoms with Gasteiger partial charge >= 0.3 is 6.16 Å². The van der Waals surface area contributed by atoms with Crippen LogP contribution in [0.2, 0.25) is 0 Å². The van der Waals surface area contributed by atoms with E-state index in [1.54, 1.807) is 0 Å². The van der Waals surface area contributed by atoms with E-state index in [4.69, 9.17) is 5.73 Å². The Morgan fingerprint density at radius 3 is 2.67 bits per heavy atom. The largest absolute Gasteiger partial charge is 0.400 e. The van der Waals surface area contributed by atoms with E-state index in [0.717, 1.165) is 11.3 Å². The third-order valence-electron chi connectivity index (χ3n) is 1.47. The van der Waals surface area contributed by atoms with Crippen LogP contribution >= 0.6 is 0 Å². The van der Waals surface area contributed by atoms with Gasteiger partial charge in [-0.2, -0.15) is 0 Å². The summed E-state index contributed by atoms with van der Waals surface area (Å²) in [6.07, 6.45) is -0.640. The Kier molecular flexibility index (Phi) is 1.66. The first-order valence-electron chi connectivity index (χ1n) is 2.90. The Balaban J connectivity index is 2.39. The Morgan fingerprint density at radius 1 is 1.78 bits per heavy atom. The second-order valence-corrected chi connectivity index (χ2v) is 2.25. The molecule has 0 spiro atoms. The van der Waals surface area contributed by atoms with Crippen molar-refractivity contribution in [2.45, 2.75) is 12.5 Å². The average Bonchev–Trinajstić information content (AvgIpc) is 2.14. The van der Waals surface area contributed by atoms with E-state index in [-0.39, 0.29) is 6.04 Å². The van der Waals surface area contributed by atoms with E-state index >= 15 is 0 Å². The lowest BCUT2D eigenvalue weighted by atomic mass is 10.3. The molecule has 2 N–H and O–H groups in total. The third-order valence-corrected chi connectivity index (χ3v) is 1.47. The standard InChI is InChI=1S/C5H9FN2O/c6-5(9)8-2-1-4(7)3-8/h4H,1-3,7H2. The van der Waals surface area contributed by atoms with Gasteiger partial charge in [-0.1, -0.05) is 0 Å². The van der Waals surface area contributed by atoms with Crippen molar-refractivity contribution in [2.75, 3.05) is 13.1 Å². The molecule has 1 atom stereocenters. The van der Waals surface area contributed by atoms with Gasteiger partial charge in [0.2, 0.25) is 0 Å². The highest BCUT2D eigenvalue weighted by Crippen LogP contribution is 2.07. The third kappa shape index (κ3) is 1.38. The number of carbonyl (C=O) groups excluding carboxylic acids is 1. The van der Waals surface area contributed by atoms with Crippen LogP contribution in [0.15, 0.2) is 0 Å². The molecule has 1 heterocycles. The molecule has 4 heteroatoms. The number of likely N-dealkylation sites (tertiary alicyclic amines) is 1. The fraction of sp³-hybridized carbons (Fsp3) is 0.800. The summed E-state index contributed by atoms with van der Waals surface area (Å²) >= 11 is 0. The lowest BCUT2D eigenvalue weighted by Gasteiger charge is -2.07. The maximum atomic E-state index is 11.8. The van der Waals surface area contributed by atoms with Crippen molar-refractivity contribution >= 4 is 6.16 Å². The van der Waals surface area contributed by atoms with Gasteiger partial charge in [0.1, 0.15) is 0 Å². The first kappa shape index (κ1) is 6.48. The highest BCUT2D eigenvalue weighted by molar-refractivity contribution is 5.66. The van der Waals surface area contributed by atoms with Crippen molar-refractivity contribution in [1.82, 2.24) is 4.90 Å². The fourth-order valence-electron chi connectivity index (χ4n) is 0.947. The SMILES string of the molecule is NC1CCN(C(=O)F)C1. The second kappa shape index (κ2) is 2.31. The van der Waals surface area contributed by atoms with Gasteiger partial charge in [-0.3, -0.25) is 0 Å². The summed E-state index contributed by atoms with van der Waals surface area (Å²) in [5.41, 5.74) is 5.40. The molecule has 1 amide bonds. The average molecular weight is 132 g/mol. The van der Waals surface area contributed by atoms with Crippen LogP contribution in [0.5, 0.6) is 0 Å². The molecular weight excluding hydrogens is 123 g/mol. The van der Waals surface area contributed by atoms with E-state index in [1.807, 2.05) is 0 Å². The van der Waals surface area contributed by atoms with Crippen LogP contribution in [0, 0.1) is 0 Å². The van der Waals surface area contributed by atoms with Crippen LogP contribution in [-0.4, -0.2) is 30.2 Å². The molecule has 0 aromatic heterocycles. The molecule has 1 unspecified atom stereocenters. The summed E-state index contributed by atoms with van der Waals surface area (Å²) in [7, 11) is 0. The summed E-state index contributed by atoms with van der Waals surface area (Å²) in [6.45, 7) is 0.839. The molecule has 1 aliphatic rings. The monoisotopic (exact) mass is 132 g/mol. The van der Waals surface area contributed by atoms with Crippen molar-refractivity contribution in [2.24, 2.45) is 5.73 Å². The van der Waals surface area contributed by atoms with Crippen LogP contribution in [0.4, 0.5) is 9.18 Å². The highest BCUT2D eigenvalue weighted by Gasteiger charge is 2.22. The second-order valence-electron chi connectivity index (χ2n) is 2.25. The fourth-order valence-corrected chi connectivity index (χ4v) is 0.947. The molecular formula is C5H9FN2O. The Morgan fingerprint density at radius 2 is 2.44 bits per heavy atom. The van der Waals surface area contributed by atoms with Crippen molar-refractivity contribution < 1.29 is 9.18 Å². The molecule has 0 saturated carbocycles. The number of hydrogen-bond acceptors (Lipinski definition) is 2. The summed E-state index contributed by atoms with van der Waals surface area (Å²) in [5.74, 6) is 0. The normalized spacial score (nSPS) is 26.9. The van der Waals surface area contributed by atoms with Crippen molar-refractivity contribution in [3.05, 3.63) is 0 Å². The van der Waals surface area contributed by atoms with Gasteiger partial charge in [-0.25, -0.2) is 4.79 Å². The topological polar surface area (TPSA) is 46.3 Å². The minimum Gasteiger partial charge on any atom is -0.326 e. The van der Waals surface area contributed by atoms with Crippen LogP contribution in [0.3, 0.4) is 0 Å². The molecule has 9 heavy (non-hydrogen) atoms. The van der Waals surface area contributed by atoms with Crippen molar-refractivity contribution in [3.63, 3.8) is 0 Å². The number of hydrogen-bond donors (Lipinski definition) is 1. The maximum Gasteiger partial charge on any atom is 0.400 e. The summed E-state index contributed by atoms with van der Waals surface area (Å²) in [4.78, 5) is 11.1. The smallest absolute Gasteiger partial charge is 0.326 e. The van der Waals surface area contributed by atoms with Crippen LogP contribution < -0.4 is 5.73 Å². The van der Waals surface area contributed by atoms with Gasteiger partial charge in [-0.05, 0) is 6.42 Å². The number of nitrogens with zero attached hydrogens (tertiary/aromatic N) is 1. The van der Waals surface area contributed by atoms with Crippen LogP contribution in [0.1, 0.15) is 6.42 Å². The van der Waals surface area contributed by atoms with Crippen molar-refractivity contribution in [1.29, 1.82) is 0 Å². The van der Waals surface area contributed by atoms with Gasteiger partial charge in [-0.15, -0.1) is 4.39 Å². The molecule has 1 aliphatic heterocycles. The van der Waals surface area contributed by atoms with Gasteiger partial charge in [0, 0.05) is 19.1 Å². The van der Waals surface area contributed by atoms with Gasteiger partial charge in [0.05, 0.1) is 0 Å². The van der Waals surface area contributed by atoms with E-state index < -0.39 is 6.16 Å². The van der Waals surface area contributed by atoms with Crippen LogP contribution in [-0.2, 0) is 0 Å². The lowest BCUT2D eigenvalue weighted by molar-refractivity contribution is 0.185. The maximum absolute atomic E-state index is 11.8. The first-order valence-corrected chi connectivity index (χ1v) is 2.90. The molecule has 1 saturated heterocycles. The number of amides is 1.